The van der Waals surface area contributed by atoms with E-state index in [9.17, 15) is 4.79 Å². The van der Waals surface area contributed by atoms with Crippen molar-refractivity contribution in [2.75, 3.05) is 5.32 Å². The van der Waals surface area contributed by atoms with Crippen LogP contribution < -0.4 is 11.1 Å². The Morgan fingerprint density at radius 2 is 2.19 bits per heavy atom. The maximum atomic E-state index is 11.7. The van der Waals surface area contributed by atoms with Gasteiger partial charge in [0.1, 0.15) is 0 Å². The quantitative estimate of drug-likeness (QED) is 0.804. The number of benzene rings is 1. The summed E-state index contributed by atoms with van der Waals surface area (Å²) in [5.41, 5.74) is 6.77. The van der Waals surface area contributed by atoms with Crippen molar-refractivity contribution in [3.05, 3.63) is 29.8 Å². The van der Waals surface area contributed by atoms with Gasteiger partial charge in [-0.15, -0.1) is 0 Å². The summed E-state index contributed by atoms with van der Waals surface area (Å²) in [7, 11) is 0. The maximum absolute atomic E-state index is 11.7. The first kappa shape index (κ1) is 12.2. The molecule has 1 rings (SSSR count). The Bertz CT molecular complexity index is 421. The first-order valence-electron chi connectivity index (χ1n) is 5.11. The summed E-state index contributed by atoms with van der Waals surface area (Å²) in [5.74, 6) is -0.393. The predicted molar refractivity (Wildman–Crippen MR) is 62.6 cm³/mol. The highest BCUT2D eigenvalue weighted by Crippen LogP contribution is 2.12. The van der Waals surface area contributed by atoms with Crippen molar-refractivity contribution in [2.45, 2.75) is 19.9 Å². The first-order chi connectivity index (χ1) is 7.54. The number of nitriles is 1. The molecule has 0 saturated carbocycles. The van der Waals surface area contributed by atoms with Crippen LogP contribution in [0.25, 0.3) is 0 Å². The lowest BCUT2D eigenvalue weighted by Gasteiger charge is -2.15. The minimum atomic E-state index is -0.259. The Labute approximate surface area is 95.1 Å². The van der Waals surface area contributed by atoms with Crippen LogP contribution in [-0.2, 0) is 4.79 Å². The van der Waals surface area contributed by atoms with Crippen molar-refractivity contribution in [3.8, 4) is 6.07 Å². The fraction of sp³-hybridized carbons (Fsp3) is 0.333. The van der Waals surface area contributed by atoms with Gasteiger partial charge in [-0.1, -0.05) is 13.0 Å². The molecule has 1 aromatic carbocycles. The molecule has 84 valence electrons. The molecule has 4 heteroatoms. The summed E-state index contributed by atoms with van der Waals surface area (Å²) in [6.45, 7) is 3.56. The van der Waals surface area contributed by atoms with Gasteiger partial charge in [-0.2, -0.15) is 5.26 Å². The number of hydrogen-bond acceptors (Lipinski definition) is 3. The SMILES string of the molecule is CC(N)C(C)C(=O)Nc1cccc(C#N)c1. The van der Waals surface area contributed by atoms with Crippen molar-refractivity contribution in [1.82, 2.24) is 0 Å². The van der Waals surface area contributed by atoms with Gasteiger partial charge in [0.25, 0.3) is 0 Å². The van der Waals surface area contributed by atoms with E-state index in [1.165, 1.54) is 0 Å². The van der Waals surface area contributed by atoms with Gasteiger partial charge in [0.2, 0.25) is 5.91 Å². The van der Waals surface area contributed by atoms with E-state index >= 15 is 0 Å². The summed E-state index contributed by atoms with van der Waals surface area (Å²) in [4.78, 5) is 11.7. The van der Waals surface area contributed by atoms with E-state index in [1.807, 2.05) is 6.07 Å². The number of carbonyl (C=O) groups excluding carboxylic acids is 1. The Hall–Kier alpha value is -1.86. The molecule has 16 heavy (non-hydrogen) atoms. The number of nitrogens with one attached hydrogen (secondary N) is 1. The molecule has 0 saturated heterocycles. The lowest BCUT2D eigenvalue weighted by atomic mass is 10.0. The number of amides is 1. The second kappa shape index (κ2) is 5.29. The number of nitrogens with zero attached hydrogens (tertiary/aromatic N) is 1. The Kier molecular flexibility index (Phi) is 4.03. The van der Waals surface area contributed by atoms with E-state index < -0.39 is 0 Å². The number of nitrogens with two attached hydrogens (primary N) is 1. The van der Waals surface area contributed by atoms with Crippen molar-refractivity contribution >= 4 is 11.6 Å². The van der Waals surface area contributed by atoms with Gasteiger partial charge in [-0.25, -0.2) is 0 Å². The molecule has 0 bridgehead atoms. The smallest absolute Gasteiger partial charge is 0.228 e. The molecule has 1 aromatic rings. The lowest BCUT2D eigenvalue weighted by molar-refractivity contribution is -0.119. The van der Waals surface area contributed by atoms with E-state index in [2.05, 4.69) is 5.32 Å². The first-order valence-corrected chi connectivity index (χ1v) is 5.11. The normalized spacial score (nSPS) is 13.6. The fourth-order valence-electron chi connectivity index (χ4n) is 1.16. The Morgan fingerprint density at radius 1 is 1.50 bits per heavy atom. The third-order valence-corrected chi connectivity index (χ3v) is 2.46. The number of anilines is 1. The molecule has 3 N–H and O–H groups in total. The molecule has 1 amide bonds. The van der Waals surface area contributed by atoms with Gasteiger partial charge in [-0.3, -0.25) is 4.79 Å². The molecule has 0 aliphatic heterocycles. The summed E-state index contributed by atoms with van der Waals surface area (Å²) in [6.07, 6.45) is 0. The summed E-state index contributed by atoms with van der Waals surface area (Å²) < 4.78 is 0. The van der Waals surface area contributed by atoms with E-state index in [4.69, 9.17) is 11.0 Å². The van der Waals surface area contributed by atoms with Crippen LogP contribution in [0.5, 0.6) is 0 Å². The molecule has 0 radical (unpaired) electrons. The molecule has 2 atom stereocenters. The van der Waals surface area contributed by atoms with E-state index in [0.717, 1.165) is 0 Å². The zero-order chi connectivity index (χ0) is 12.1. The summed E-state index contributed by atoms with van der Waals surface area (Å²) >= 11 is 0. The zero-order valence-electron chi connectivity index (χ0n) is 9.40. The topological polar surface area (TPSA) is 78.9 Å². The van der Waals surface area contributed by atoms with Crippen molar-refractivity contribution in [1.29, 1.82) is 5.26 Å². The van der Waals surface area contributed by atoms with Crippen molar-refractivity contribution in [3.63, 3.8) is 0 Å². The highest BCUT2D eigenvalue weighted by atomic mass is 16.1. The third kappa shape index (κ3) is 3.07. The van der Waals surface area contributed by atoms with Crippen LogP contribution in [0.4, 0.5) is 5.69 Å². The largest absolute Gasteiger partial charge is 0.327 e. The van der Waals surface area contributed by atoms with Gasteiger partial charge in [0.15, 0.2) is 0 Å². The standard InChI is InChI=1S/C12H15N3O/c1-8(9(2)14)12(16)15-11-5-3-4-10(6-11)7-13/h3-6,8-9H,14H2,1-2H3,(H,15,16). The average Bonchev–Trinajstić information content (AvgIpc) is 2.28. The fourth-order valence-corrected chi connectivity index (χ4v) is 1.16. The monoisotopic (exact) mass is 217 g/mol. The molecular formula is C12H15N3O. The Morgan fingerprint density at radius 3 is 2.75 bits per heavy atom. The zero-order valence-corrected chi connectivity index (χ0v) is 9.40. The minimum absolute atomic E-state index is 0.134. The van der Waals surface area contributed by atoms with E-state index in [1.54, 1.807) is 38.1 Å². The molecule has 0 fully saturated rings. The molecule has 0 aromatic heterocycles. The minimum Gasteiger partial charge on any atom is -0.327 e. The van der Waals surface area contributed by atoms with Crippen LogP contribution in [0.1, 0.15) is 19.4 Å². The average molecular weight is 217 g/mol. The van der Waals surface area contributed by atoms with Gasteiger partial charge >= 0.3 is 0 Å². The number of carbonyl (C=O) groups is 1. The molecule has 4 nitrogen and oxygen atoms in total. The van der Waals surface area contributed by atoms with E-state index in [0.29, 0.717) is 11.3 Å². The number of rotatable bonds is 3. The molecule has 2 unspecified atom stereocenters. The highest BCUT2D eigenvalue weighted by molar-refractivity contribution is 5.92. The van der Waals surface area contributed by atoms with Crippen LogP contribution in [0, 0.1) is 17.2 Å². The molecule has 0 aliphatic carbocycles. The van der Waals surface area contributed by atoms with Crippen LogP contribution in [0.15, 0.2) is 24.3 Å². The molecule has 0 aliphatic rings. The molecule has 0 spiro atoms. The third-order valence-electron chi connectivity index (χ3n) is 2.46. The van der Waals surface area contributed by atoms with Crippen LogP contribution >= 0.6 is 0 Å². The van der Waals surface area contributed by atoms with Crippen LogP contribution in [-0.4, -0.2) is 11.9 Å². The van der Waals surface area contributed by atoms with Crippen LogP contribution in [0.3, 0.4) is 0 Å². The second-order valence-electron chi connectivity index (χ2n) is 3.83. The van der Waals surface area contributed by atoms with Crippen molar-refractivity contribution < 1.29 is 4.79 Å². The Balaban J connectivity index is 2.74. The summed E-state index contributed by atoms with van der Waals surface area (Å²) in [5, 5.41) is 11.4. The lowest BCUT2D eigenvalue weighted by Crippen LogP contribution is -2.34. The second-order valence-corrected chi connectivity index (χ2v) is 3.83. The predicted octanol–water partition coefficient (Wildman–Crippen LogP) is 1.48. The maximum Gasteiger partial charge on any atom is 0.228 e. The van der Waals surface area contributed by atoms with Crippen LogP contribution in [0.2, 0.25) is 0 Å². The van der Waals surface area contributed by atoms with Gasteiger partial charge in [0.05, 0.1) is 17.6 Å². The summed E-state index contributed by atoms with van der Waals surface area (Å²) in [6, 6.07) is 8.61. The number of hydrogen-bond donors (Lipinski definition) is 2. The molecular weight excluding hydrogens is 202 g/mol. The van der Waals surface area contributed by atoms with Gasteiger partial charge in [-0.05, 0) is 25.1 Å². The van der Waals surface area contributed by atoms with E-state index in [-0.39, 0.29) is 17.9 Å². The molecule has 0 heterocycles. The van der Waals surface area contributed by atoms with Gasteiger partial charge < -0.3 is 11.1 Å². The highest BCUT2D eigenvalue weighted by Gasteiger charge is 2.16. The van der Waals surface area contributed by atoms with Gasteiger partial charge in [0, 0.05) is 11.7 Å². The van der Waals surface area contributed by atoms with Crippen molar-refractivity contribution in [2.24, 2.45) is 11.7 Å².